The van der Waals surface area contributed by atoms with Crippen LogP contribution in [0.3, 0.4) is 0 Å². The van der Waals surface area contributed by atoms with Crippen LogP contribution in [0.15, 0.2) is 53.7 Å². The number of benzene rings is 1. The molecule has 1 saturated heterocycles. The minimum atomic E-state index is -0.433. The van der Waals surface area contributed by atoms with Crippen molar-refractivity contribution in [1.29, 1.82) is 0 Å². The van der Waals surface area contributed by atoms with Crippen LogP contribution in [0.4, 0.5) is 9.18 Å². The average Bonchev–Trinajstić information content (AvgIpc) is 2.78. The van der Waals surface area contributed by atoms with Gasteiger partial charge in [0.1, 0.15) is 5.82 Å². The van der Waals surface area contributed by atoms with Gasteiger partial charge in [0.2, 0.25) is 0 Å². The van der Waals surface area contributed by atoms with E-state index in [0.29, 0.717) is 10.5 Å². The third-order valence-corrected chi connectivity index (χ3v) is 4.05. The number of pyridine rings is 1. The van der Waals surface area contributed by atoms with Crippen molar-refractivity contribution < 1.29 is 14.0 Å². The fourth-order valence-electron chi connectivity index (χ4n) is 2.05. The molecule has 0 radical (unpaired) electrons. The van der Waals surface area contributed by atoms with Crippen LogP contribution in [-0.2, 0) is 11.3 Å². The van der Waals surface area contributed by atoms with Crippen molar-refractivity contribution in [3.05, 3.63) is 70.6 Å². The molecular weight excluding hydrogens is 303 g/mol. The highest BCUT2D eigenvalue weighted by molar-refractivity contribution is 8.18. The zero-order valence-corrected chi connectivity index (χ0v) is 12.2. The van der Waals surface area contributed by atoms with E-state index in [-0.39, 0.29) is 6.54 Å². The highest BCUT2D eigenvalue weighted by Gasteiger charge is 2.35. The van der Waals surface area contributed by atoms with Gasteiger partial charge >= 0.3 is 0 Å². The molecule has 1 fully saturated rings. The van der Waals surface area contributed by atoms with E-state index in [2.05, 4.69) is 4.98 Å². The Bertz CT molecular complexity index is 762. The van der Waals surface area contributed by atoms with Crippen LogP contribution in [-0.4, -0.2) is 21.0 Å². The summed E-state index contributed by atoms with van der Waals surface area (Å²) < 4.78 is 13.7. The molecule has 0 atom stereocenters. The second-order valence-corrected chi connectivity index (χ2v) is 5.64. The first-order valence-electron chi connectivity index (χ1n) is 6.54. The molecule has 4 nitrogen and oxygen atoms in total. The second-order valence-electron chi connectivity index (χ2n) is 4.65. The summed E-state index contributed by atoms with van der Waals surface area (Å²) in [6, 6.07) is 9.63. The van der Waals surface area contributed by atoms with Crippen LogP contribution < -0.4 is 0 Å². The number of carbonyl (C=O) groups is 2. The van der Waals surface area contributed by atoms with Gasteiger partial charge < -0.3 is 0 Å². The summed E-state index contributed by atoms with van der Waals surface area (Å²) in [5.74, 6) is -0.847. The summed E-state index contributed by atoms with van der Waals surface area (Å²) >= 11 is 0.850. The van der Waals surface area contributed by atoms with E-state index < -0.39 is 17.0 Å². The van der Waals surface area contributed by atoms with Gasteiger partial charge in [-0.25, -0.2) is 4.39 Å². The molecule has 110 valence electrons. The number of halogens is 1. The van der Waals surface area contributed by atoms with Crippen molar-refractivity contribution in [2.24, 2.45) is 0 Å². The monoisotopic (exact) mass is 314 g/mol. The van der Waals surface area contributed by atoms with Crippen molar-refractivity contribution in [3.63, 3.8) is 0 Å². The first kappa shape index (κ1) is 14.5. The van der Waals surface area contributed by atoms with Gasteiger partial charge in [-0.1, -0.05) is 24.3 Å². The van der Waals surface area contributed by atoms with Crippen molar-refractivity contribution in [1.82, 2.24) is 9.88 Å². The van der Waals surface area contributed by atoms with Crippen molar-refractivity contribution >= 4 is 29.0 Å². The summed E-state index contributed by atoms with van der Waals surface area (Å²) in [4.78, 5) is 29.6. The lowest BCUT2D eigenvalue weighted by Gasteiger charge is -2.12. The van der Waals surface area contributed by atoms with E-state index in [4.69, 9.17) is 0 Å². The number of thioether (sulfide) groups is 1. The number of rotatable bonds is 3. The van der Waals surface area contributed by atoms with E-state index in [9.17, 15) is 14.0 Å². The lowest BCUT2D eigenvalue weighted by Crippen LogP contribution is -2.27. The molecule has 3 rings (SSSR count). The average molecular weight is 314 g/mol. The van der Waals surface area contributed by atoms with Crippen LogP contribution in [0.5, 0.6) is 0 Å². The van der Waals surface area contributed by atoms with Crippen molar-refractivity contribution in [2.75, 3.05) is 0 Å². The molecule has 1 aromatic carbocycles. The first-order chi connectivity index (χ1) is 10.6. The maximum absolute atomic E-state index is 13.7. The van der Waals surface area contributed by atoms with Crippen molar-refractivity contribution in [2.45, 2.75) is 6.54 Å². The molecule has 2 amide bonds. The quantitative estimate of drug-likeness (QED) is 0.814. The third kappa shape index (κ3) is 2.92. The fraction of sp³-hybridized carbons (Fsp3) is 0.0625. The third-order valence-electron chi connectivity index (χ3n) is 3.14. The largest absolute Gasteiger partial charge is 0.293 e. The first-order valence-corrected chi connectivity index (χ1v) is 7.35. The fourth-order valence-corrected chi connectivity index (χ4v) is 2.88. The molecule has 1 aliphatic rings. The molecular formula is C16H11FN2O2S. The Morgan fingerprint density at radius 2 is 2.00 bits per heavy atom. The summed E-state index contributed by atoms with van der Waals surface area (Å²) in [5, 5.41) is -0.400. The molecule has 22 heavy (non-hydrogen) atoms. The van der Waals surface area contributed by atoms with Gasteiger partial charge in [-0.05, 0) is 35.5 Å². The standard InChI is InChI=1S/C16H11FN2O2S/c17-13-6-2-1-5-12(13)10-19-15(20)14(22-16(19)21)8-11-4-3-7-18-9-11/h1-9H,10H2/b14-8+. The van der Waals surface area contributed by atoms with Crippen LogP contribution in [0, 0.1) is 5.82 Å². The molecule has 1 aliphatic heterocycles. The Hall–Kier alpha value is -2.47. The lowest BCUT2D eigenvalue weighted by atomic mass is 10.2. The molecule has 0 N–H and O–H groups in total. The Morgan fingerprint density at radius 3 is 2.73 bits per heavy atom. The Kier molecular flexibility index (Phi) is 4.02. The highest BCUT2D eigenvalue weighted by atomic mass is 32.2. The number of hydrogen-bond donors (Lipinski definition) is 0. The van der Waals surface area contributed by atoms with E-state index >= 15 is 0 Å². The van der Waals surface area contributed by atoms with Gasteiger partial charge in [0.05, 0.1) is 11.4 Å². The molecule has 0 bridgehead atoms. The number of carbonyl (C=O) groups excluding carboxylic acids is 2. The van der Waals surface area contributed by atoms with Gasteiger partial charge in [-0.15, -0.1) is 0 Å². The molecule has 0 aliphatic carbocycles. The lowest BCUT2D eigenvalue weighted by molar-refractivity contribution is -0.123. The molecule has 0 unspecified atom stereocenters. The SMILES string of the molecule is O=C1S/C(=C/c2cccnc2)C(=O)N1Cc1ccccc1F. The number of amides is 2. The predicted molar refractivity (Wildman–Crippen MR) is 82.2 cm³/mol. The predicted octanol–water partition coefficient (Wildman–Crippen LogP) is 3.46. The Balaban J connectivity index is 1.83. The van der Waals surface area contributed by atoms with Gasteiger partial charge in [0.25, 0.3) is 11.1 Å². The second kappa shape index (κ2) is 6.11. The summed E-state index contributed by atoms with van der Waals surface area (Å²) in [6.07, 6.45) is 4.84. The molecule has 0 spiro atoms. The van der Waals surface area contributed by atoms with Crippen LogP contribution in [0.2, 0.25) is 0 Å². The number of hydrogen-bond acceptors (Lipinski definition) is 4. The molecule has 2 aromatic rings. The van der Waals surface area contributed by atoms with E-state index in [1.165, 1.54) is 6.07 Å². The zero-order valence-electron chi connectivity index (χ0n) is 11.4. The van der Waals surface area contributed by atoms with E-state index in [1.54, 1.807) is 48.8 Å². The minimum Gasteiger partial charge on any atom is -0.268 e. The van der Waals surface area contributed by atoms with Crippen LogP contribution >= 0.6 is 11.8 Å². The molecule has 6 heteroatoms. The number of aromatic nitrogens is 1. The normalized spacial score (nSPS) is 16.6. The minimum absolute atomic E-state index is 0.0677. The molecule has 1 aromatic heterocycles. The molecule has 2 heterocycles. The Morgan fingerprint density at radius 1 is 1.18 bits per heavy atom. The van der Waals surface area contributed by atoms with Gasteiger partial charge in [-0.3, -0.25) is 19.5 Å². The van der Waals surface area contributed by atoms with Gasteiger partial charge in [0.15, 0.2) is 0 Å². The zero-order chi connectivity index (χ0) is 15.5. The number of nitrogens with zero attached hydrogens (tertiary/aromatic N) is 2. The van der Waals surface area contributed by atoms with Gasteiger partial charge in [-0.2, -0.15) is 0 Å². The highest BCUT2D eigenvalue weighted by Crippen LogP contribution is 2.33. The smallest absolute Gasteiger partial charge is 0.268 e. The van der Waals surface area contributed by atoms with Crippen LogP contribution in [0.1, 0.15) is 11.1 Å². The number of imide groups is 1. The van der Waals surface area contributed by atoms with Gasteiger partial charge in [0, 0.05) is 18.0 Å². The topological polar surface area (TPSA) is 50.3 Å². The van der Waals surface area contributed by atoms with E-state index in [1.807, 2.05) is 0 Å². The van der Waals surface area contributed by atoms with Crippen LogP contribution in [0.25, 0.3) is 6.08 Å². The summed E-state index contributed by atoms with van der Waals surface area (Å²) in [7, 11) is 0. The Labute approximate surface area is 130 Å². The maximum atomic E-state index is 13.7. The summed E-state index contributed by atoms with van der Waals surface area (Å²) in [6.45, 7) is -0.0677. The van der Waals surface area contributed by atoms with E-state index in [0.717, 1.165) is 22.2 Å². The maximum Gasteiger partial charge on any atom is 0.293 e. The van der Waals surface area contributed by atoms with Crippen molar-refractivity contribution in [3.8, 4) is 0 Å². The summed E-state index contributed by atoms with van der Waals surface area (Å²) in [5.41, 5.74) is 1.05. The molecule has 0 saturated carbocycles.